The van der Waals surface area contributed by atoms with Crippen molar-refractivity contribution in [3.8, 4) is 5.82 Å². The van der Waals surface area contributed by atoms with E-state index in [2.05, 4.69) is 35.0 Å². The Labute approximate surface area is 172 Å². The van der Waals surface area contributed by atoms with Gasteiger partial charge in [0.05, 0.1) is 5.39 Å². The minimum absolute atomic E-state index is 0.107. The van der Waals surface area contributed by atoms with E-state index in [9.17, 15) is 4.79 Å². The Hall–Kier alpha value is -3.69. The van der Waals surface area contributed by atoms with Gasteiger partial charge in [0.2, 0.25) is 0 Å². The molecule has 1 saturated heterocycles. The average Bonchev–Trinajstić information content (AvgIpc) is 3.30. The highest BCUT2D eigenvalue weighted by atomic mass is 16.1. The van der Waals surface area contributed by atoms with Gasteiger partial charge in [-0.3, -0.25) is 4.79 Å². The molecule has 0 N–H and O–H groups in total. The fourth-order valence-electron chi connectivity index (χ4n) is 3.88. The van der Waals surface area contributed by atoms with Crippen LogP contribution >= 0.6 is 0 Å². The van der Waals surface area contributed by atoms with Crippen molar-refractivity contribution < 1.29 is 0 Å². The van der Waals surface area contributed by atoms with Crippen LogP contribution < -0.4 is 10.5 Å². The average molecular weight is 403 g/mol. The summed E-state index contributed by atoms with van der Waals surface area (Å²) in [5.74, 6) is 2.61. The van der Waals surface area contributed by atoms with E-state index < -0.39 is 0 Å². The number of hydrogen-bond acceptors (Lipinski definition) is 8. The lowest BCUT2D eigenvalue weighted by Gasteiger charge is -2.33. The standard InChI is InChI=1S/C20H21N9O/c1-14-24-19-16(3-2-8-22-19)20(25-14)27-9-6-15(7-10-27)11-28-18(30)5-4-17(26-28)29-13-21-12-23-29/h2-5,8,12-13,15H,6-7,9-11H2,1H3. The fraction of sp³-hybridized carbons (Fsp3) is 0.350. The number of nitrogens with zero attached hydrogens (tertiary/aromatic N) is 9. The number of anilines is 1. The lowest BCUT2D eigenvalue weighted by Crippen LogP contribution is -2.37. The molecule has 0 spiro atoms. The zero-order chi connectivity index (χ0) is 20.5. The summed E-state index contributed by atoms with van der Waals surface area (Å²) >= 11 is 0. The summed E-state index contributed by atoms with van der Waals surface area (Å²) in [4.78, 5) is 32.0. The molecule has 4 aromatic rings. The van der Waals surface area contributed by atoms with E-state index in [0.717, 1.165) is 48.6 Å². The second-order valence-electron chi connectivity index (χ2n) is 7.45. The normalized spacial score (nSPS) is 15.0. The molecule has 0 amide bonds. The molecule has 0 aliphatic carbocycles. The molecular formula is C20H21N9O. The van der Waals surface area contributed by atoms with Gasteiger partial charge in [0.15, 0.2) is 11.5 Å². The number of rotatable bonds is 4. The van der Waals surface area contributed by atoms with Gasteiger partial charge in [0.25, 0.3) is 5.56 Å². The van der Waals surface area contributed by atoms with Gasteiger partial charge in [0.1, 0.15) is 24.3 Å². The van der Waals surface area contributed by atoms with Crippen molar-refractivity contribution in [3.63, 3.8) is 0 Å². The van der Waals surface area contributed by atoms with Crippen molar-refractivity contribution in [2.75, 3.05) is 18.0 Å². The highest BCUT2D eigenvalue weighted by Crippen LogP contribution is 2.27. The number of pyridine rings is 1. The van der Waals surface area contributed by atoms with Crippen LogP contribution in [0.1, 0.15) is 18.7 Å². The van der Waals surface area contributed by atoms with Crippen LogP contribution in [0.4, 0.5) is 5.82 Å². The summed E-state index contributed by atoms with van der Waals surface area (Å²) in [6.07, 6.45) is 6.67. The van der Waals surface area contributed by atoms with Gasteiger partial charge in [-0.15, -0.1) is 5.10 Å². The van der Waals surface area contributed by atoms with E-state index in [0.29, 0.717) is 18.3 Å². The SMILES string of the molecule is Cc1nc(N2CCC(Cn3nc(-n4cncn4)ccc3=O)CC2)c2cccnc2n1. The van der Waals surface area contributed by atoms with Gasteiger partial charge in [-0.05, 0) is 43.9 Å². The molecular weight excluding hydrogens is 382 g/mol. The first-order valence-corrected chi connectivity index (χ1v) is 9.95. The molecule has 0 unspecified atom stereocenters. The predicted octanol–water partition coefficient (Wildman–Crippen LogP) is 1.39. The molecule has 0 bridgehead atoms. The van der Waals surface area contributed by atoms with E-state index in [1.165, 1.54) is 17.1 Å². The van der Waals surface area contributed by atoms with Crippen LogP contribution in [0.3, 0.4) is 0 Å². The van der Waals surface area contributed by atoms with Gasteiger partial charge >= 0.3 is 0 Å². The Morgan fingerprint density at radius 3 is 2.80 bits per heavy atom. The van der Waals surface area contributed by atoms with Crippen LogP contribution in [0.2, 0.25) is 0 Å². The third kappa shape index (κ3) is 3.51. The fourth-order valence-corrected chi connectivity index (χ4v) is 3.88. The zero-order valence-corrected chi connectivity index (χ0v) is 16.6. The van der Waals surface area contributed by atoms with Gasteiger partial charge in [0, 0.05) is 31.9 Å². The van der Waals surface area contributed by atoms with Crippen LogP contribution in [0.5, 0.6) is 0 Å². The van der Waals surface area contributed by atoms with E-state index in [4.69, 9.17) is 0 Å². The summed E-state index contributed by atoms with van der Waals surface area (Å²) in [6, 6.07) is 7.12. The maximum atomic E-state index is 12.3. The third-order valence-corrected chi connectivity index (χ3v) is 5.41. The number of aromatic nitrogens is 8. The smallest absolute Gasteiger partial charge is 0.266 e. The maximum Gasteiger partial charge on any atom is 0.266 e. The van der Waals surface area contributed by atoms with Crippen molar-refractivity contribution in [1.82, 2.24) is 39.5 Å². The minimum Gasteiger partial charge on any atom is -0.356 e. The maximum absolute atomic E-state index is 12.3. The zero-order valence-electron chi connectivity index (χ0n) is 16.6. The summed E-state index contributed by atoms with van der Waals surface area (Å²) in [6.45, 7) is 4.20. The highest BCUT2D eigenvalue weighted by Gasteiger charge is 2.23. The Bertz CT molecular complexity index is 1230. The molecule has 5 heterocycles. The summed E-state index contributed by atoms with van der Waals surface area (Å²) in [5.41, 5.74) is 0.618. The molecule has 0 radical (unpaired) electrons. The topological polar surface area (TPSA) is 108 Å². The molecule has 10 nitrogen and oxygen atoms in total. The lowest BCUT2D eigenvalue weighted by atomic mass is 9.96. The van der Waals surface area contributed by atoms with Crippen LogP contribution in [-0.4, -0.2) is 52.6 Å². The van der Waals surface area contributed by atoms with E-state index in [-0.39, 0.29) is 5.56 Å². The van der Waals surface area contributed by atoms with Crippen LogP contribution in [0.15, 0.2) is 47.9 Å². The van der Waals surface area contributed by atoms with Crippen molar-refractivity contribution in [2.45, 2.75) is 26.3 Å². The summed E-state index contributed by atoms with van der Waals surface area (Å²) in [7, 11) is 0. The number of piperidine rings is 1. The Kier molecular flexibility index (Phi) is 4.66. The van der Waals surface area contributed by atoms with Crippen LogP contribution in [0, 0.1) is 12.8 Å². The minimum atomic E-state index is -0.107. The first kappa shape index (κ1) is 18.3. The van der Waals surface area contributed by atoms with Crippen LogP contribution in [-0.2, 0) is 6.54 Å². The van der Waals surface area contributed by atoms with Gasteiger partial charge < -0.3 is 4.90 Å². The molecule has 152 valence electrons. The van der Waals surface area contributed by atoms with Crippen LogP contribution in [0.25, 0.3) is 16.9 Å². The van der Waals surface area contributed by atoms with Crippen molar-refractivity contribution >= 4 is 16.9 Å². The Morgan fingerprint density at radius 2 is 2.00 bits per heavy atom. The van der Waals surface area contributed by atoms with E-state index in [1.54, 1.807) is 23.3 Å². The van der Waals surface area contributed by atoms with Crippen molar-refractivity contribution in [3.05, 3.63) is 59.3 Å². The van der Waals surface area contributed by atoms with Gasteiger partial charge in [-0.25, -0.2) is 29.3 Å². The third-order valence-electron chi connectivity index (χ3n) is 5.41. The molecule has 1 aliphatic heterocycles. The number of fused-ring (bicyclic) bond motifs is 1. The van der Waals surface area contributed by atoms with E-state index in [1.807, 2.05) is 19.1 Å². The van der Waals surface area contributed by atoms with Gasteiger partial charge in [-0.2, -0.15) is 5.10 Å². The lowest BCUT2D eigenvalue weighted by molar-refractivity contribution is 0.334. The molecule has 0 atom stereocenters. The molecule has 30 heavy (non-hydrogen) atoms. The monoisotopic (exact) mass is 403 g/mol. The summed E-state index contributed by atoms with van der Waals surface area (Å²) < 4.78 is 3.08. The molecule has 1 aliphatic rings. The number of aryl methyl sites for hydroxylation is 1. The molecule has 0 aromatic carbocycles. The number of hydrogen-bond donors (Lipinski definition) is 0. The second-order valence-corrected chi connectivity index (χ2v) is 7.45. The Balaban J connectivity index is 1.32. The largest absolute Gasteiger partial charge is 0.356 e. The predicted molar refractivity (Wildman–Crippen MR) is 110 cm³/mol. The second kappa shape index (κ2) is 7.62. The van der Waals surface area contributed by atoms with Crippen molar-refractivity contribution in [2.24, 2.45) is 5.92 Å². The molecule has 10 heteroatoms. The Morgan fingerprint density at radius 1 is 1.13 bits per heavy atom. The molecule has 1 fully saturated rings. The summed E-state index contributed by atoms with van der Waals surface area (Å²) in [5, 5.41) is 9.52. The molecule has 0 saturated carbocycles. The molecule has 4 aromatic heterocycles. The van der Waals surface area contributed by atoms with Crippen molar-refractivity contribution in [1.29, 1.82) is 0 Å². The van der Waals surface area contributed by atoms with Gasteiger partial charge in [-0.1, -0.05) is 0 Å². The highest BCUT2D eigenvalue weighted by molar-refractivity contribution is 5.86. The first-order valence-electron chi connectivity index (χ1n) is 9.95. The quantitative estimate of drug-likeness (QED) is 0.503. The van der Waals surface area contributed by atoms with E-state index >= 15 is 0 Å². The molecule has 5 rings (SSSR count). The first-order chi connectivity index (χ1) is 14.7.